The number of carbonyl (C=O) groups is 2. The highest BCUT2D eigenvalue weighted by Gasteiger charge is 2.29. The summed E-state index contributed by atoms with van der Waals surface area (Å²) in [5.74, 6) is 1.19. The number of ether oxygens (including phenoxy) is 1. The molecule has 6 heteroatoms. The van der Waals surface area contributed by atoms with Gasteiger partial charge in [-0.05, 0) is 67.4 Å². The molecule has 1 aromatic heterocycles. The fraction of sp³-hybridized carbons (Fsp3) is 0.185. The number of carbonyl (C=O) groups excluding carboxylic acids is 2. The summed E-state index contributed by atoms with van der Waals surface area (Å²) >= 11 is 0. The summed E-state index contributed by atoms with van der Waals surface area (Å²) in [7, 11) is 0. The molecule has 1 fully saturated rings. The van der Waals surface area contributed by atoms with Crippen molar-refractivity contribution in [1.29, 1.82) is 0 Å². The molecule has 0 N–H and O–H groups in total. The number of hydrogen-bond donors (Lipinski definition) is 0. The molecule has 0 saturated carbocycles. The lowest BCUT2D eigenvalue weighted by Crippen LogP contribution is -2.42. The Morgan fingerprint density at radius 3 is 2.30 bits per heavy atom. The lowest BCUT2D eigenvalue weighted by atomic mass is 9.89. The normalized spacial score (nSPS) is 15.9. The minimum Gasteiger partial charge on any atom is -0.457 e. The van der Waals surface area contributed by atoms with E-state index in [1.165, 1.54) is 0 Å². The van der Waals surface area contributed by atoms with Crippen LogP contribution in [0.4, 0.5) is 0 Å². The first-order chi connectivity index (χ1) is 16.2. The number of hydrogen-bond acceptors (Lipinski definition) is 5. The molecule has 1 saturated heterocycles. The Kier molecular flexibility index (Phi) is 5.81. The average Bonchev–Trinajstić information content (AvgIpc) is 2.88. The summed E-state index contributed by atoms with van der Waals surface area (Å²) in [6.07, 6.45) is 4.81. The zero-order chi connectivity index (χ0) is 22.6. The number of likely N-dealkylation sites (tertiary alicyclic amines) is 1. The third-order valence-electron chi connectivity index (χ3n) is 5.91. The van der Waals surface area contributed by atoms with E-state index in [9.17, 15) is 9.59 Å². The lowest BCUT2D eigenvalue weighted by molar-refractivity contribution is 0.0637. The van der Waals surface area contributed by atoms with E-state index in [2.05, 4.69) is 9.97 Å². The van der Waals surface area contributed by atoms with Crippen molar-refractivity contribution >= 4 is 22.7 Å². The predicted octanol–water partition coefficient (Wildman–Crippen LogP) is 5.16. The molecule has 0 unspecified atom stereocenters. The fourth-order valence-electron chi connectivity index (χ4n) is 4.20. The highest BCUT2D eigenvalue weighted by molar-refractivity contribution is 6.00. The summed E-state index contributed by atoms with van der Waals surface area (Å²) in [5, 5.41) is 0. The molecule has 1 aliphatic heterocycles. The number of benzene rings is 3. The number of para-hydroxylation sites is 1. The van der Waals surface area contributed by atoms with Gasteiger partial charge < -0.3 is 9.64 Å². The second kappa shape index (κ2) is 9.20. The second-order valence-electron chi connectivity index (χ2n) is 8.15. The zero-order valence-electron chi connectivity index (χ0n) is 18.1. The van der Waals surface area contributed by atoms with Crippen LogP contribution in [0.25, 0.3) is 11.0 Å². The van der Waals surface area contributed by atoms with Crippen LogP contribution in [-0.4, -0.2) is 39.6 Å². The van der Waals surface area contributed by atoms with Crippen molar-refractivity contribution in [3.8, 4) is 11.5 Å². The van der Waals surface area contributed by atoms with Crippen LogP contribution in [0, 0.1) is 5.92 Å². The Bertz CT molecular complexity index is 1290. The molecule has 1 amide bonds. The van der Waals surface area contributed by atoms with Gasteiger partial charge in [0.15, 0.2) is 5.78 Å². The number of fused-ring (bicyclic) bond motifs is 1. The quantitative estimate of drug-likeness (QED) is 0.404. The Hall–Kier alpha value is -4.06. The monoisotopic (exact) mass is 437 g/mol. The number of rotatable bonds is 5. The van der Waals surface area contributed by atoms with Crippen molar-refractivity contribution in [2.24, 2.45) is 5.92 Å². The van der Waals surface area contributed by atoms with E-state index in [1.807, 2.05) is 42.5 Å². The van der Waals surface area contributed by atoms with E-state index >= 15 is 0 Å². The number of aromatic nitrogens is 2. The largest absolute Gasteiger partial charge is 0.457 e. The van der Waals surface area contributed by atoms with Crippen molar-refractivity contribution in [2.45, 2.75) is 12.8 Å². The molecular formula is C27H23N3O3. The third-order valence-corrected chi connectivity index (χ3v) is 5.91. The van der Waals surface area contributed by atoms with Crippen LogP contribution in [-0.2, 0) is 0 Å². The Morgan fingerprint density at radius 2 is 1.52 bits per heavy atom. The second-order valence-corrected chi connectivity index (χ2v) is 8.15. The van der Waals surface area contributed by atoms with Crippen molar-refractivity contribution in [3.05, 3.63) is 96.3 Å². The van der Waals surface area contributed by atoms with Gasteiger partial charge in [0.1, 0.15) is 11.5 Å². The van der Waals surface area contributed by atoms with Crippen LogP contribution in [0.15, 0.2) is 85.2 Å². The van der Waals surface area contributed by atoms with Gasteiger partial charge in [-0.3, -0.25) is 19.6 Å². The van der Waals surface area contributed by atoms with Crippen LogP contribution in [0.2, 0.25) is 0 Å². The number of nitrogens with zero attached hydrogens (tertiary/aromatic N) is 3. The number of amides is 1. The molecule has 2 heterocycles. The molecule has 164 valence electrons. The first-order valence-corrected chi connectivity index (χ1v) is 11.0. The van der Waals surface area contributed by atoms with Crippen LogP contribution >= 0.6 is 0 Å². The maximum Gasteiger partial charge on any atom is 0.253 e. The van der Waals surface area contributed by atoms with E-state index in [-0.39, 0.29) is 17.6 Å². The Labute approximate surface area is 191 Å². The molecule has 5 rings (SSSR count). The standard InChI is InChI=1S/C27H23N3O3/c31-26(19-8-11-23(12-9-19)33-22-6-2-1-3-7-22)21-5-4-16-30(18-21)27(32)20-10-13-24-25(17-20)29-15-14-28-24/h1-3,6-15,17,21H,4-5,16,18H2/t21-/m1/s1. The fourth-order valence-corrected chi connectivity index (χ4v) is 4.20. The summed E-state index contributed by atoms with van der Waals surface area (Å²) in [4.78, 5) is 36.6. The van der Waals surface area contributed by atoms with E-state index in [1.54, 1.807) is 47.6 Å². The van der Waals surface area contributed by atoms with Crippen molar-refractivity contribution < 1.29 is 14.3 Å². The maximum atomic E-state index is 13.2. The van der Waals surface area contributed by atoms with E-state index in [0.717, 1.165) is 24.1 Å². The number of Topliss-reactive ketones (excluding diaryl/α,β-unsaturated/α-hetero) is 1. The van der Waals surface area contributed by atoms with Crippen molar-refractivity contribution in [1.82, 2.24) is 14.9 Å². The van der Waals surface area contributed by atoms with Crippen LogP contribution < -0.4 is 4.74 Å². The smallest absolute Gasteiger partial charge is 0.253 e. The van der Waals surface area contributed by atoms with Gasteiger partial charge in [0.25, 0.3) is 5.91 Å². The maximum absolute atomic E-state index is 13.2. The first kappa shape index (κ1) is 20.8. The van der Waals surface area contributed by atoms with Crippen LogP contribution in [0.5, 0.6) is 11.5 Å². The average molecular weight is 437 g/mol. The molecule has 1 aliphatic rings. The molecule has 0 aliphatic carbocycles. The first-order valence-electron chi connectivity index (χ1n) is 11.0. The van der Waals surface area contributed by atoms with Crippen molar-refractivity contribution in [3.63, 3.8) is 0 Å². The van der Waals surface area contributed by atoms with Gasteiger partial charge in [-0.2, -0.15) is 0 Å². The topological polar surface area (TPSA) is 72.4 Å². The van der Waals surface area contributed by atoms with Gasteiger partial charge in [-0.25, -0.2) is 0 Å². The van der Waals surface area contributed by atoms with E-state index < -0.39 is 0 Å². The van der Waals surface area contributed by atoms with Gasteiger partial charge >= 0.3 is 0 Å². The van der Waals surface area contributed by atoms with E-state index in [0.29, 0.717) is 35.5 Å². The van der Waals surface area contributed by atoms with Gasteiger partial charge in [-0.15, -0.1) is 0 Å². The van der Waals surface area contributed by atoms with Crippen LogP contribution in [0.3, 0.4) is 0 Å². The number of ketones is 1. The van der Waals surface area contributed by atoms with Gasteiger partial charge in [0.2, 0.25) is 0 Å². The number of piperidine rings is 1. The predicted molar refractivity (Wildman–Crippen MR) is 125 cm³/mol. The van der Waals surface area contributed by atoms with Gasteiger partial charge in [0.05, 0.1) is 11.0 Å². The molecule has 0 radical (unpaired) electrons. The summed E-state index contributed by atoms with van der Waals surface area (Å²) < 4.78 is 5.81. The SMILES string of the molecule is O=C(c1ccc(Oc2ccccc2)cc1)[C@@H]1CCCN(C(=O)c2ccc3nccnc3c2)C1. The summed E-state index contributed by atoms with van der Waals surface area (Å²) in [6.45, 7) is 1.06. The highest BCUT2D eigenvalue weighted by Crippen LogP contribution is 2.26. The van der Waals surface area contributed by atoms with Crippen LogP contribution in [0.1, 0.15) is 33.6 Å². The van der Waals surface area contributed by atoms with Gasteiger partial charge in [-0.1, -0.05) is 18.2 Å². The molecule has 33 heavy (non-hydrogen) atoms. The molecule has 0 bridgehead atoms. The highest BCUT2D eigenvalue weighted by atomic mass is 16.5. The Morgan fingerprint density at radius 1 is 0.818 bits per heavy atom. The molecule has 1 atom stereocenters. The van der Waals surface area contributed by atoms with E-state index in [4.69, 9.17) is 4.74 Å². The van der Waals surface area contributed by atoms with Crippen molar-refractivity contribution in [2.75, 3.05) is 13.1 Å². The third kappa shape index (κ3) is 4.60. The summed E-state index contributed by atoms with van der Waals surface area (Å²) in [6, 6.07) is 22.1. The molecule has 3 aromatic carbocycles. The van der Waals surface area contributed by atoms with Gasteiger partial charge in [0, 0.05) is 42.5 Å². The molecule has 4 aromatic rings. The summed E-state index contributed by atoms with van der Waals surface area (Å²) in [5.41, 5.74) is 2.64. The lowest BCUT2D eigenvalue weighted by Gasteiger charge is -2.32. The minimum absolute atomic E-state index is 0.0585. The Balaban J connectivity index is 1.26. The molecule has 6 nitrogen and oxygen atoms in total. The molecule has 0 spiro atoms. The molecular weight excluding hydrogens is 414 g/mol. The zero-order valence-corrected chi connectivity index (χ0v) is 18.1. The minimum atomic E-state index is -0.219.